The number of halogens is 3. The third kappa shape index (κ3) is 3.86. The quantitative estimate of drug-likeness (QED) is 0.367. The van der Waals surface area contributed by atoms with Crippen molar-refractivity contribution in [3.05, 3.63) is 69.0 Å². The van der Waals surface area contributed by atoms with Crippen molar-refractivity contribution in [3.8, 4) is 11.5 Å². The van der Waals surface area contributed by atoms with Crippen molar-refractivity contribution in [1.29, 1.82) is 0 Å². The van der Waals surface area contributed by atoms with Gasteiger partial charge in [0, 0.05) is 24.0 Å². The van der Waals surface area contributed by atoms with Crippen LogP contribution < -0.4 is 4.74 Å². The number of carbonyl (C=O) groups is 1. The van der Waals surface area contributed by atoms with E-state index < -0.39 is 28.1 Å². The molecule has 2 bridgehead atoms. The highest BCUT2D eigenvalue weighted by Crippen LogP contribution is 2.57. The summed E-state index contributed by atoms with van der Waals surface area (Å²) in [4.78, 5) is 23.6. The second-order valence-electron chi connectivity index (χ2n) is 9.56. The van der Waals surface area contributed by atoms with Crippen LogP contribution in [0.4, 0.5) is 18.9 Å². The average molecular weight is 487 g/mol. The molecule has 1 N–H and O–H groups in total. The number of aryl methyl sites for hydroxylation is 1. The van der Waals surface area contributed by atoms with Gasteiger partial charge in [0.05, 0.1) is 10.5 Å². The van der Waals surface area contributed by atoms with Crippen molar-refractivity contribution in [2.24, 2.45) is 23.7 Å². The Morgan fingerprint density at radius 1 is 1.06 bits per heavy atom. The zero-order valence-electron chi connectivity index (χ0n) is 19.0. The first kappa shape index (κ1) is 23.4. The zero-order valence-corrected chi connectivity index (χ0v) is 19.0. The van der Waals surface area contributed by atoms with Crippen LogP contribution in [0.1, 0.15) is 49.3 Å². The highest BCUT2D eigenvalue weighted by molar-refractivity contribution is 6.25. The maximum atomic E-state index is 13.6. The van der Waals surface area contributed by atoms with Crippen molar-refractivity contribution in [2.75, 3.05) is 0 Å². The van der Waals surface area contributed by atoms with Gasteiger partial charge in [-0.05, 0) is 73.3 Å². The van der Waals surface area contributed by atoms with E-state index in [-0.39, 0.29) is 46.5 Å². The molecule has 3 fully saturated rings. The van der Waals surface area contributed by atoms with Gasteiger partial charge in [-0.15, -0.1) is 0 Å². The predicted octanol–water partition coefficient (Wildman–Crippen LogP) is 6.87. The van der Waals surface area contributed by atoms with Crippen LogP contribution in [0.2, 0.25) is 0 Å². The van der Waals surface area contributed by atoms with Gasteiger partial charge < -0.3 is 9.84 Å². The van der Waals surface area contributed by atoms with E-state index in [1.165, 1.54) is 12.1 Å². The molecule has 0 aliphatic heterocycles. The Morgan fingerprint density at radius 2 is 1.71 bits per heavy atom. The second-order valence-corrected chi connectivity index (χ2v) is 9.56. The molecule has 2 atom stereocenters. The first-order valence-electron chi connectivity index (χ1n) is 11.7. The van der Waals surface area contributed by atoms with Crippen LogP contribution in [0.25, 0.3) is 5.57 Å². The average Bonchev–Trinajstić information content (AvgIpc) is 3.11. The van der Waals surface area contributed by atoms with E-state index in [0.29, 0.717) is 18.1 Å². The number of nitro groups is 1. The van der Waals surface area contributed by atoms with Gasteiger partial charge in [-0.25, -0.2) is 0 Å². The second kappa shape index (κ2) is 8.39. The Balaban J connectivity index is 1.55. The minimum atomic E-state index is -4.87. The third-order valence-corrected chi connectivity index (χ3v) is 7.78. The summed E-state index contributed by atoms with van der Waals surface area (Å²) in [6, 6.07) is 6.96. The van der Waals surface area contributed by atoms with Crippen molar-refractivity contribution in [2.45, 2.75) is 45.2 Å². The topological polar surface area (TPSA) is 89.7 Å². The first-order chi connectivity index (χ1) is 16.6. The Labute approximate surface area is 199 Å². The minimum Gasteiger partial charge on any atom is -0.511 e. The van der Waals surface area contributed by atoms with Gasteiger partial charge in [0.15, 0.2) is 5.78 Å². The number of ether oxygens (including phenoxy) is 1. The van der Waals surface area contributed by atoms with E-state index in [4.69, 9.17) is 4.74 Å². The lowest BCUT2D eigenvalue weighted by molar-refractivity contribution is -0.385. The number of Topliss-reactive ketones (excluding diaryl/α,β-unsaturated/α-hetero) is 1. The van der Waals surface area contributed by atoms with E-state index in [9.17, 15) is 33.2 Å². The summed E-state index contributed by atoms with van der Waals surface area (Å²) < 4.78 is 46.4. The summed E-state index contributed by atoms with van der Waals surface area (Å²) >= 11 is 0. The molecular formula is C26H24F3NO5. The van der Waals surface area contributed by atoms with Gasteiger partial charge in [-0.2, -0.15) is 13.2 Å². The number of benzene rings is 2. The first-order valence-corrected chi connectivity index (χ1v) is 11.7. The number of ketones is 1. The van der Waals surface area contributed by atoms with E-state index >= 15 is 0 Å². The molecule has 0 saturated heterocycles. The standard InChI is InChI=1S/C26H24F3NO5/c1-2-13-7-9-17(35-20-10-8-16(30(33)34)11-19(20)26(27,28)29)12-18(13)23-24(31)21-14-3-4-15(6-5-14)22(21)25(23)32/h7-12,14-15,21-22,31H,2-6H2,1H3. The van der Waals surface area contributed by atoms with Gasteiger partial charge in [0.25, 0.3) is 5.69 Å². The number of nitro benzene ring substituents is 1. The SMILES string of the molecule is CCc1ccc(Oc2ccc([N+](=O)[O-])cc2C(F)(F)F)cc1C1=C(O)C2C3CCC(CC3)C2C1=O. The molecule has 4 aliphatic carbocycles. The zero-order chi connectivity index (χ0) is 25.1. The Hall–Kier alpha value is -3.36. The molecule has 2 unspecified atom stereocenters. The molecule has 0 heterocycles. The number of aliphatic hydroxyl groups excluding tert-OH is 1. The molecule has 9 heteroatoms. The largest absolute Gasteiger partial charge is 0.511 e. The molecule has 35 heavy (non-hydrogen) atoms. The van der Waals surface area contributed by atoms with E-state index in [0.717, 1.165) is 43.4 Å². The Kier molecular flexibility index (Phi) is 5.61. The van der Waals surface area contributed by atoms with Gasteiger partial charge in [-0.3, -0.25) is 14.9 Å². The summed E-state index contributed by atoms with van der Waals surface area (Å²) in [5.74, 6) is -0.457. The molecule has 0 amide bonds. The molecule has 0 aromatic heterocycles. The molecule has 6 nitrogen and oxygen atoms in total. The van der Waals surface area contributed by atoms with Gasteiger partial charge in [0.1, 0.15) is 22.8 Å². The number of allylic oxidation sites excluding steroid dienone is 2. The summed E-state index contributed by atoms with van der Waals surface area (Å²) in [6.45, 7) is 1.89. The van der Waals surface area contributed by atoms with Crippen LogP contribution >= 0.6 is 0 Å². The molecule has 0 radical (unpaired) electrons. The number of nitrogens with zero attached hydrogens (tertiary/aromatic N) is 1. The normalized spacial score (nSPS) is 25.7. The van der Waals surface area contributed by atoms with Crippen LogP contribution in [0.3, 0.4) is 0 Å². The lowest BCUT2D eigenvalue weighted by Gasteiger charge is -2.44. The van der Waals surface area contributed by atoms with Gasteiger partial charge in [0.2, 0.25) is 0 Å². The molecule has 0 spiro atoms. The minimum absolute atomic E-state index is 0.0440. The summed E-state index contributed by atoms with van der Waals surface area (Å²) in [7, 11) is 0. The fourth-order valence-corrected chi connectivity index (χ4v) is 6.18. The van der Waals surface area contributed by atoms with E-state index in [1.807, 2.05) is 6.92 Å². The molecule has 2 aromatic rings. The summed E-state index contributed by atoms with van der Waals surface area (Å²) in [6.07, 6.45) is -0.399. The number of rotatable bonds is 5. The van der Waals surface area contributed by atoms with Gasteiger partial charge in [-0.1, -0.05) is 13.0 Å². The summed E-state index contributed by atoms with van der Waals surface area (Å²) in [5, 5.41) is 22.1. The molecule has 2 aromatic carbocycles. The fourth-order valence-electron chi connectivity index (χ4n) is 6.18. The Morgan fingerprint density at radius 3 is 2.29 bits per heavy atom. The van der Waals surface area contributed by atoms with Crippen LogP contribution in [0.5, 0.6) is 11.5 Å². The summed E-state index contributed by atoms with van der Waals surface area (Å²) in [5.41, 5.74) is -0.472. The maximum absolute atomic E-state index is 13.6. The fraction of sp³-hybridized carbons (Fsp3) is 0.423. The number of hydrogen-bond donors (Lipinski definition) is 1. The van der Waals surface area contributed by atoms with Gasteiger partial charge >= 0.3 is 6.18 Å². The number of fused-ring (bicyclic) bond motifs is 2. The number of aliphatic hydroxyl groups is 1. The van der Waals surface area contributed by atoms with Crippen molar-refractivity contribution in [3.63, 3.8) is 0 Å². The highest BCUT2D eigenvalue weighted by atomic mass is 19.4. The van der Waals surface area contributed by atoms with E-state index in [1.54, 1.807) is 6.07 Å². The van der Waals surface area contributed by atoms with Crippen LogP contribution in [-0.4, -0.2) is 15.8 Å². The van der Waals surface area contributed by atoms with Crippen molar-refractivity contribution >= 4 is 17.0 Å². The maximum Gasteiger partial charge on any atom is 0.420 e. The number of alkyl halides is 3. The van der Waals surface area contributed by atoms with E-state index in [2.05, 4.69) is 0 Å². The number of carbonyl (C=O) groups excluding carboxylic acids is 1. The molecule has 184 valence electrons. The van der Waals surface area contributed by atoms with Crippen molar-refractivity contribution < 1.29 is 32.7 Å². The third-order valence-electron chi connectivity index (χ3n) is 7.78. The number of non-ortho nitro benzene ring substituents is 1. The number of hydrogen-bond acceptors (Lipinski definition) is 5. The lowest BCUT2D eigenvalue weighted by atomic mass is 9.59. The molecule has 3 saturated carbocycles. The molecular weight excluding hydrogens is 463 g/mol. The smallest absolute Gasteiger partial charge is 0.420 e. The van der Waals surface area contributed by atoms with Crippen LogP contribution in [0, 0.1) is 33.8 Å². The molecule has 6 rings (SSSR count). The molecule has 4 aliphatic rings. The Bertz CT molecular complexity index is 1240. The monoisotopic (exact) mass is 487 g/mol. The predicted molar refractivity (Wildman–Crippen MR) is 121 cm³/mol. The van der Waals surface area contributed by atoms with Crippen molar-refractivity contribution in [1.82, 2.24) is 0 Å². The van der Waals surface area contributed by atoms with Crippen LogP contribution in [0.15, 0.2) is 42.2 Å². The lowest BCUT2D eigenvalue weighted by Crippen LogP contribution is -2.41. The van der Waals surface area contributed by atoms with Crippen LogP contribution in [-0.2, 0) is 17.4 Å². The highest BCUT2D eigenvalue weighted by Gasteiger charge is 2.54.